The number of pyridine rings is 1. The standard InChI is InChI=1S/C16H19N3OS/c1-5-7-11(6-2)19-16(20)15-14(17)13-10(4)18-9(3)8-12(13)21-15/h1,8,11H,6-7,17H2,2-4H3,(H,19,20). The summed E-state index contributed by atoms with van der Waals surface area (Å²) in [6.45, 7) is 5.84. The van der Waals surface area contributed by atoms with Crippen molar-refractivity contribution in [1.82, 2.24) is 10.3 Å². The number of anilines is 1. The molecule has 0 aliphatic rings. The van der Waals surface area contributed by atoms with Gasteiger partial charge in [0.1, 0.15) is 4.88 Å². The Morgan fingerprint density at radius 3 is 2.90 bits per heavy atom. The van der Waals surface area contributed by atoms with Crippen LogP contribution >= 0.6 is 11.3 Å². The Balaban J connectivity index is 2.39. The number of carbonyl (C=O) groups excluding carboxylic acids is 1. The van der Waals surface area contributed by atoms with E-state index in [1.165, 1.54) is 11.3 Å². The minimum atomic E-state index is -0.159. The van der Waals surface area contributed by atoms with Crippen LogP contribution in [0.3, 0.4) is 0 Å². The lowest BCUT2D eigenvalue weighted by atomic mass is 10.1. The van der Waals surface area contributed by atoms with Gasteiger partial charge in [0.2, 0.25) is 0 Å². The van der Waals surface area contributed by atoms with E-state index in [9.17, 15) is 4.79 Å². The van der Waals surface area contributed by atoms with Crippen LogP contribution in [0.4, 0.5) is 5.69 Å². The van der Waals surface area contributed by atoms with E-state index >= 15 is 0 Å². The van der Waals surface area contributed by atoms with E-state index in [-0.39, 0.29) is 11.9 Å². The summed E-state index contributed by atoms with van der Waals surface area (Å²) in [5, 5.41) is 3.82. The number of nitrogens with one attached hydrogen (secondary N) is 1. The van der Waals surface area contributed by atoms with E-state index in [4.69, 9.17) is 12.2 Å². The van der Waals surface area contributed by atoms with Crippen molar-refractivity contribution in [3.8, 4) is 12.3 Å². The Morgan fingerprint density at radius 2 is 2.29 bits per heavy atom. The number of thiophene rings is 1. The fourth-order valence-electron chi connectivity index (χ4n) is 2.34. The summed E-state index contributed by atoms with van der Waals surface area (Å²) in [7, 11) is 0. The van der Waals surface area contributed by atoms with Gasteiger partial charge >= 0.3 is 0 Å². The first-order valence-corrected chi connectivity index (χ1v) is 7.70. The van der Waals surface area contributed by atoms with Crippen LogP contribution in [0.2, 0.25) is 0 Å². The number of amides is 1. The minimum Gasteiger partial charge on any atom is -0.397 e. The van der Waals surface area contributed by atoms with Crippen molar-refractivity contribution < 1.29 is 4.79 Å². The van der Waals surface area contributed by atoms with Gasteiger partial charge in [-0.2, -0.15) is 0 Å². The smallest absolute Gasteiger partial charge is 0.263 e. The van der Waals surface area contributed by atoms with Gasteiger partial charge in [-0.15, -0.1) is 23.7 Å². The number of fused-ring (bicyclic) bond motifs is 1. The molecule has 110 valence electrons. The lowest BCUT2D eigenvalue weighted by Crippen LogP contribution is -2.33. The maximum atomic E-state index is 12.4. The molecule has 4 nitrogen and oxygen atoms in total. The topological polar surface area (TPSA) is 68.0 Å². The zero-order valence-corrected chi connectivity index (χ0v) is 13.3. The van der Waals surface area contributed by atoms with Gasteiger partial charge in [0.25, 0.3) is 5.91 Å². The van der Waals surface area contributed by atoms with E-state index < -0.39 is 0 Å². The molecule has 0 aromatic carbocycles. The third-order valence-corrected chi connectivity index (χ3v) is 4.57. The third-order valence-electron chi connectivity index (χ3n) is 3.42. The highest BCUT2D eigenvalue weighted by Crippen LogP contribution is 2.35. The molecule has 0 aliphatic heterocycles. The predicted octanol–water partition coefficient (Wildman–Crippen LogP) is 3.03. The third kappa shape index (κ3) is 3.01. The molecule has 0 radical (unpaired) electrons. The summed E-state index contributed by atoms with van der Waals surface area (Å²) in [6, 6.07) is 1.94. The molecule has 2 heterocycles. The van der Waals surface area contributed by atoms with Crippen molar-refractivity contribution >= 4 is 33.0 Å². The minimum absolute atomic E-state index is 0.0203. The lowest BCUT2D eigenvalue weighted by Gasteiger charge is -2.13. The number of terminal acetylenes is 1. The van der Waals surface area contributed by atoms with Gasteiger partial charge in [-0.1, -0.05) is 6.92 Å². The molecule has 3 N–H and O–H groups in total. The van der Waals surface area contributed by atoms with Crippen LogP contribution in [-0.4, -0.2) is 16.9 Å². The van der Waals surface area contributed by atoms with Crippen LogP contribution in [0.25, 0.3) is 10.1 Å². The van der Waals surface area contributed by atoms with Gasteiger partial charge < -0.3 is 11.1 Å². The SMILES string of the molecule is C#CCC(CC)NC(=O)c1sc2cc(C)nc(C)c2c1N. The molecule has 0 aliphatic carbocycles. The largest absolute Gasteiger partial charge is 0.397 e. The molecule has 21 heavy (non-hydrogen) atoms. The van der Waals surface area contributed by atoms with Gasteiger partial charge in [0, 0.05) is 33.9 Å². The van der Waals surface area contributed by atoms with Crippen LogP contribution < -0.4 is 11.1 Å². The lowest BCUT2D eigenvalue weighted by molar-refractivity contribution is 0.0941. The van der Waals surface area contributed by atoms with E-state index in [1.54, 1.807) is 0 Å². The second-order valence-electron chi connectivity index (χ2n) is 5.05. The van der Waals surface area contributed by atoms with Crippen LogP contribution in [0, 0.1) is 26.2 Å². The number of carbonyl (C=O) groups is 1. The van der Waals surface area contributed by atoms with Crippen LogP contribution in [0.15, 0.2) is 6.07 Å². The molecule has 2 aromatic rings. The first-order chi connectivity index (χ1) is 9.97. The molecular formula is C16H19N3OS. The van der Waals surface area contributed by atoms with Crippen molar-refractivity contribution in [2.45, 2.75) is 39.7 Å². The summed E-state index contributed by atoms with van der Waals surface area (Å²) in [4.78, 5) is 17.4. The molecular weight excluding hydrogens is 282 g/mol. The average Bonchev–Trinajstić information content (AvgIpc) is 2.75. The molecule has 0 fully saturated rings. The zero-order valence-electron chi connectivity index (χ0n) is 12.5. The number of aromatic nitrogens is 1. The monoisotopic (exact) mass is 301 g/mol. The molecule has 1 amide bonds. The number of hydrogen-bond donors (Lipinski definition) is 2. The van der Waals surface area contributed by atoms with Gasteiger partial charge in [-0.3, -0.25) is 9.78 Å². The number of nitrogens with two attached hydrogens (primary N) is 1. The molecule has 0 saturated carbocycles. The maximum Gasteiger partial charge on any atom is 0.263 e. The normalized spacial score (nSPS) is 12.1. The number of nitrogen functional groups attached to an aromatic ring is 1. The molecule has 1 atom stereocenters. The van der Waals surface area contributed by atoms with Crippen molar-refractivity contribution in [1.29, 1.82) is 0 Å². The molecule has 2 aromatic heterocycles. The molecule has 0 spiro atoms. The van der Waals surface area contributed by atoms with E-state index in [0.717, 1.165) is 27.9 Å². The van der Waals surface area contributed by atoms with Crippen LogP contribution in [0.5, 0.6) is 0 Å². The van der Waals surface area contributed by atoms with Crippen molar-refractivity contribution in [3.05, 3.63) is 22.3 Å². The Bertz CT molecular complexity index is 727. The van der Waals surface area contributed by atoms with Gasteiger partial charge in [0.05, 0.1) is 5.69 Å². The van der Waals surface area contributed by atoms with E-state index in [1.807, 2.05) is 26.8 Å². The molecule has 0 saturated heterocycles. The average molecular weight is 301 g/mol. The quantitative estimate of drug-likeness (QED) is 0.853. The van der Waals surface area contributed by atoms with Gasteiger partial charge in [0.15, 0.2) is 0 Å². The Morgan fingerprint density at radius 1 is 1.57 bits per heavy atom. The van der Waals surface area contributed by atoms with Gasteiger partial charge in [-0.25, -0.2) is 0 Å². The summed E-state index contributed by atoms with van der Waals surface area (Å²) in [5.41, 5.74) is 8.44. The zero-order chi connectivity index (χ0) is 15.6. The Labute approximate surface area is 128 Å². The predicted molar refractivity (Wildman–Crippen MR) is 88.5 cm³/mol. The number of hydrogen-bond acceptors (Lipinski definition) is 4. The van der Waals surface area contributed by atoms with E-state index in [2.05, 4.69) is 16.2 Å². The highest BCUT2D eigenvalue weighted by atomic mass is 32.1. The highest BCUT2D eigenvalue weighted by Gasteiger charge is 2.20. The first-order valence-electron chi connectivity index (χ1n) is 6.88. The molecule has 0 bridgehead atoms. The fraction of sp³-hybridized carbons (Fsp3) is 0.375. The summed E-state index contributed by atoms with van der Waals surface area (Å²) < 4.78 is 0.993. The van der Waals surface area contributed by atoms with Crippen molar-refractivity contribution in [2.75, 3.05) is 5.73 Å². The molecule has 5 heteroatoms. The summed E-state index contributed by atoms with van der Waals surface area (Å²) in [5.74, 6) is 2.42. The van der Waals surface area contributed by atoms with Gasteiger partial charge in [-0.05, 0) is 26.3 Å². The number of nitrogens with zero attached hydrogens (tertiary/aromatic N) is 1. The highest BCUT2D eigenvalue weighted by molar-refractivity contribution is 7.21. The first kappa shape index (κ1) is 15.3. The Hall–Kier alpha value is -2.06. The van der Waals surface area contributed by atoms with Crippen molar-refractivity contribution in [3.63, 3.8) is 0 Å². The second kappa shape index (κ2) is 6.15. The molecule has 2 rings (SSSR count). The maximum absolute atomic E-state index is 12.4. The Kier molecular flexibility index (Phi) is 4.49. The number of aryl methyl sites for hydroxylation is 2. The second-order valence-corrected chi connectivity index (χ2v) is 6.11. The number of rotatable bonds is 4. The fourth-order valence-corrected chi connectivity index (χ4v) is 3.51. The summed E-state index contributed by atoms with van der Waals surface area (Å²) in [6.07, 6.45) is 6.63. The van der Waals surface area contributed by atoms with E-state index in [0.29, 0.717) is 17.0 Å². The van der Waals surface area contributed by atoms with Crippen LogP contribution in [-0.2, 0) is 0 Å². The van der Waals surface area contributed by atoms with Crippen molar-refractivity contribution in [2.24, 2.45) is 0 Å². The van der Waals surface area contributed by atoms with Crippen LogP contribution in [0.1, 0.15) is 40.8 Å². The summed E-state index contributed by atoms with van der Waals surface area (Å²) >= 11 is 1.40. The molecule has 1 unspecified atom stereocenters.